The van der Waals surface area contributed by atoms with Gasteiger partial charge >= 0.3 is 5.97 Å². The van der Waals surface area contributed by atoms with E-state index < -0.39 is 18.2 Å². The summed E-state index contributed by atoms with van der Waals surface area (Å²) in [6, 6.07) is 7.39. The van der Waals surface area contributed by atoms with Crippen molar-refractivity contribution < 1.29 is 38.0 Å². The summed E-state index contributed by atoms with van der Waals surface area (Å²) in [6.45, 7) is 1.60. The SMILES string of the molecule is COc1ccc(OC)c2c(OC)c(C3CN(C)C(=O)/C3=C(\OC(C)=O)C(OC)OC)ccc12. The number of nitrogens with zero attached hydrogens (tertiary/aromatic N) is 1. The van der Waals surface area contributed by atoms with Gasteiger partial charge in [-0.15, -0.1) is 0 Å². The lowest BCUT2D eigenvalue weighted by Crippen LogP contribution is -2.26. The minimum Gasteiger partial charge on any atom is -0.496 e. The molecule has 0 N–H and O–H groups in total. The molecule has 1 fully saturated rings. The summed E-state index contributed by atoms with van der Waals surface area (Å²) in [5, 5.41) is 1.51. The summed E-state index contributed by atoms with van der Waals surface area (Å²) in [7, 11) is 9.22. The van der Waals surface area contributed by atoms with Crippen molar-refractivity contribution in [2.75, 3.05) is 49.1 Å². The zero-order valence-electron chi connectivity index (χ0n) is 19.9. The lowest BCUT2D eigenvalue weighted by Gasteiger charge is -2.23. The zero-order valence-corrected chi connectivity index (χ0v) is 19.9. The number of fused-ring (bicyclic) bond motifs is 1. The quantitative estimate of drug-likeness (QED) is 0.258. The van der Waals surface area contributed by atoms with Crippen molar-refractivity contribution in [3.8, 4) is 17.2 Å². The van der Waals surface area contributed by atoms with Gasteiger partial charge in [-0.3, -0.25) is 9.59 Å². The Morgan fingerprint density at radius 2 is 1.61 bits per heavy atom. The van der Waals surface area contributed by atoms with Gasteiger partial charge in [0.2, 0.25) is 6.29 Å². The van der Waals surface area contributed by atoms with Crippen LogP contribution < -0.4 is 14.2 Å². The molecule has 1 saturated heterocycles. The Morgan fingerprint density at radius 1 is 0.970 bits per heavy atom. The minimum absolute atomic E-state index is 0.0200. The Kier molecular flexibility index (Phi) is 7.45. The van der Waals surface area contributed by atoms with E-state index in [-0.39, 0.29) is 17.2 Å². The summed E-state index contributed by atoms with van der Waals surface area (Å²) in [5.74, 6) is 0.434. The molecular weight excluding hydrogens is 430 g/mol. The zero-order chi connectivity index (χ0) is 24.3. The van der Waals surface area contributed by atoms with Gasteiger partial charge in [-0.25, -0.2) is 0 Å². The van der Waals surface area contributed by atoms with E-state index >= 15 is 0 Å². The second-order valence-electron chi connectivity index (χ2n) is 7.49. The molecule has 1 atom stereocenters. The van der Waals surface area contributed by atoms with E-state index in [1.165, 1.54) is 21.1 Å². The molecule has 2 aromatic rings. The maximum Gasteiger partial charge on any atom is 0.307 e. The lowest BCUT2D eigenvalue weighted by molar-refractivity contribution is -0.149. The van der Waals surface area contributed by atoms with Crippen molar-refractivity contribution in [1.82, 2.24) is 4.90 Å². The van der Waals surface area contributed by atoms with Crippen LogP contribution in [-0.2, 0) is 23.8 Å². The second-order valence-corrected chi connectivity index (χ2v) is 7.49. The molecule has 1 heterocycles. The summed E-state index contributed by atoms with van der Waals surface area (Å²) in [4.78, 5) is 26.7. The number of hydrogen-bond acceptors (Lipinski definition) is 8. The van der Waals surface area contributed by atoms with Gasteiger partial charge in [-0.2, -0.15) is 0 Å². The highest BCUT2D eigenvalue weighted by Crippen LogP contribution is 2.47. The molecule has 1 aliphatic rings. The summed E-state index contributed by atoms with van der Waals surface area (Å²) in [5.41, 5.74) is 0.987. The van der Waals surface area contributed by atoms with Crippen molar-refractivity contribution in [2.45, 2.75) is 19.1 Å². The molecule has 2 aromatic carbocycles. The number of hydrogen-bond donors (Lipinski definition) is 0. The van der Waals surface area contributed by atoms with Crippen LogP contribution in [0.4, 0.5) is 0 Å². The Morgan fingerprint density at radius 3 is 2.15 bits per heavy atom. The van der Waals surface area contributed by atoms with Crippen LogP contribution in [0.2, 0.25) is 0 Å². The highest BCUT2D eigenvalue weighted by atomic mass is 16.7. The van der Waals surface area contributed by atoms with E-state index in [1.54, 1.807) is 39.3 Å². The molecule has 3 rings (SSSR count). The number of rotatable bonds is 8. The van der Waals surface area contributed by atoms with Gasteiger partial charge in [0.15, 0.2) is 5.76 Å². The van der Waals surface area contributed by atoms with Gasteiger partial charge in [-0.1, -0.05) is 6.07 Å². The molecule has 0 aromatic heterocycles. The van der Waals surface area contributed by atoms with E-state index in [0.717, 1.165) is 10.9 Å². The maximum atomic E-state index is 13.2. The van der Waals surface area contributed by atoms with E-state index in [0.29, 0.717) is 29.2 Å². The molecule has 0 saturated carbocycles. The first kappa shape index (κ1) is 24.3. The van der Waals surface area contributed by atoms with Crippen LogP contribution in [0.1, 0.15) is 18.4 Å². The third-order valence-electron chi connectivity index (χ3n) is 5.65. The van der Waals surface area contributed by atoms with Gasteiger partial charge in [-0.05, 0) is 18.2 Å². The fourth-order valence-corrected chi connectivity index (χ4v) is 4.24. The Labute approximate surface area is 192 Å². The molecule has 1 unspecified atom stereocenters. The fourth-order valence-electron chi connectivity index (χ4n) is 4.24. The first-order valence-electron chi connectivity index (χ1n) is 10.3. The van der Waals surface area contributed by atoms with Crippen LogP contribution in [0.5, 0.6) is 17.2 Å². The Balaban J connectivity index is 2.34. The molecule has 0 spiro atoms. The van der Waals surface area contributed by atoms with Gasteiger partial charge in [0.05, 0.1) is 32.3 Å². The number of likely N-dealkylation sites (tertiary alicyclic amines) is 1. The summed E-state index contributed by atoms with van der Waals surface area (Å²) in [6.07, 6.45) is -1.04. The van der Waals surface area contributed by atoms with E-state index in [2.05, 4.69) is 0 Å². The fraction of sp³-hybridized carbons (Fsp3) is 0.417. The van der Waals surface area contributed by atoms with Crippen molar-refractivity contribution in [1.29, 1.82) is 0 Å². The smallest absolute Gasteiger partial charge is 0.307 e. The monoisotopic (exact) mass is 459 g/mol. The van der Waals surface area contributed by atoms with Gasteiger partial charge in [0.1, 0.15) is 17.2 Å². The number of benzene rings is 2. The van der Waals surface area contributed by atoms with Crippen molar-refractivity contribution >= 4 is 22.6 Å². The first-order chi connectivity index (χ1) is 15.8. The number of ether oxygens (including phenoxy) is 6. The van der Waals surface area contributed by atoms with Crippen LogP contribution in [-0.4, -0.2) is 72.2 Å². The predicted octanol–water partition coefficient (Wildman–Crippen LogP) is 2.86. The molecule has 9 nitrogen and oxygen atoms in total. The molecular formula is C24H29NO8. The summed E-state index contributed by atoms with van der Waals surface area (Å²) >= 11 is 0. The highest BCUT2D eigenvalue weighted by Gasteiger charge is 2.41. The third-order valence-corrected chi connectivity index (χ3v) is 5.65. The normalized spacial score (nSPS) is 17.5. The van der Waals surface area contributed by atoms with E-state index in [4.69, 9.17) is 28.4 Å². The maximum absolute atomic E-state index is 13.2. The molecule has 0 bridgehead atoms. The molecule has 33 heavy (non-hydrogen) atoms. The van der Waals surface area contributed by atoms with E-state index in [1.807, 2.05) is 18.2 Å². The Bertz CT molecular complexity index is 1090. The topological polar surface area (TPSA) is 92.8 Å². The average Bonchev–Trinajstić information content (AvgIpc) is 3.10. The predicted molar refractivity (Wildman–Crippen MR) is 121 cm³/mol. The number of likely N-dealkylation sites (N-methyl/N-ethyl adjacent to an activating group) is 1. The Hall–Kier alpha value is -3.30. The van der Waals surface area contributed by atoms with Crippen LogP contribution in [0.25, 0.3) is 10.8 Å². The third kappa shape index (κ3) is 4.34. The number of carbonyl (C=O) groups excluding carboxylic acids is 2. The molecule has 9 heteroatoms. The highest BCUT2D eigenvalue weighted by molar-refractivity contribution is 6.02. The van der Waals surface area contributed by atoms with Gasteiger partial charge < -0.3 is 33.3 Å². The largest absolute Gasteiger partial charge is 0.496 e. The van der Waals surface area contributed by atoms with Crippen LogP contribution >= 0.6 is 0 Å². The average molecular weight is 459 g/mol. The van der Waals surface area contributed by atoms with Crippen LogP contribution in [0.15, 0.2) is 35.6 Å². The first-order valence-corrected chi connectivity index (χ1v) is 10.3. The molecule has 1 amide bonds. The molecule has 1 aliphatic heterocycles. The lowest BCUT2D eigenvalue weighted by atomic mass is 9.89. The minimum atomic E-state index is -1.04. The van der Waals surface area contributed by atoms with Crippen LogP contribution in [0, 0.1) is 0 Å². The number of esters is 1. The van der Waals surface area contributed by atoms with Crippen molar-refractivity contribution in [3.05, 3.63) is 41.2 Å². The van der Waals surface area contributed by atoms with Crippen molar-refractivity contribution in [3.63, 3.8) is 0 Å². The van der Waals surface area contributed by atoms with Gasteiger partial charge in [0.25, 0.3) is 5.91 Å². The molecule has 0 aliphatic carbocycles. The molecule has 178 valence electrons. The molecule has 0 radical (unpaired) electrons. The number of carbonyl (C=O) groups is 2. The standard InChI is InChI=1S/C24H29NO8/c1-13(26)33-22(24(31-6)32-7)20-16(12-25(2)23(20)27)14-8-9-15-17(28-3)10-11-18(29-4)19(15)21(14)30-5/h8-11,16,24H,12H2,1-7H3/b22-20-. The number of amides is 1. The van der Waals surface area contributed by atoms with Crippen molar-refractivity contribution in [2.24, 2.45) is 0 Å². The second kappa shape index (κ2) is 10.1. The van der Waals surface area contributed by atoms with Crippen LogP contribution in [0.3, 0.4) is 0 Å². The summed E-state index contributed by atoms with van der Waals surface area (Å²) < 4.78 is 33.1. The van der Waals surface area contributed by atoms with Gasteiger partial charge in [0, 0.05) is 51.6 Å². The number of methoxy groups -OCH3 is 5. The van der Waals surface area contributed by atoms with E-state index in [9.17, 15) is 9.59 Å².